The molecule has 0 heterocycles. The first-order valence-electron chi connectivity index (χ1n) is 6.93. The van der Waals surface area contributed by atoms with Crippen molar-refractivity contribution in [1.29, 1.82) is 0 Å². The molecule has 8 nitrogen and oxygen atoms in total. The molecule has 1 atom stereocenters. The summed E-state index contributed by atoms with van der Waals surface area (Å²) in [6.07, 6.45) is -1.81. The van der Waals surface area contributed by atoms with Crippen LogP contribution in [0.5, 0.6) is 0 Å². The minimum Gasteiger partial charge on any atom is -0.424 e. The van der Waals surface area contributed by atoms with E-state index in [1.165, 1.54) is 0 Å². The second kappa shape index (κ2) is 8.33. The number of nitrogens with one attached hydrogen (secondary N) is 1. The molecule has 0 aliphatic heterocycles. The second-order valence-corrected chi connectivity index (χ2v) is 7.81. The van der Waals surface area contributed by atoms with E-state index in [1.807, 2.05) is 0 Å². The SMILES string of the molecule is CC(C)C(OC(=O)NCCCS(=O)(=O)O)OC(=O)C(C)(C)C. The molecule has 1 unspecified atom stereocenters. The zero-order valence-electron chi connectivity index (χ0n) is 13.6. The highest BCUT2D eigenvalue weighted by molar-refractivity contribution is 7.85. The van der Waals surface area contributed by atoms with Crippen molar-refractivity contribution in [3.8, 4) is 0 Å². The van der Waals surface area contributed by atoms with Crippen LogP contribution >= 0.6 is 0 Å². The van der Waals surface area contributed by atoms with Gasteiger partial charge in [0.1, 0.15) is 0 Å². The van der Waals surface area contributed by atoms with Gasteiger partial charge in [0.05, 0.1) is 11.2 Å². The van der Waals surface area contributed by atoms with Gasteiger partial charge in [-0.05, 0) is 27.2 Å². The van der Waals surface area contributed by atoms with Crippen LogP contribution in [0.3, 0.4) is 0 Å². The second-order valence-electron chi connectivity index (χ2n) is 6.24. The first kappa shape index (κ1) is 20.6. The normalized spacial score (nSPS) is 13.6. The molecule has 0 aliphatic rings. The standard InChI is InChI=1S/C13H25NO7S/c1-9(2)10(20-11(15)13(3,4)5)21-12(16)14-7-6-8-22(17,18)19/h9-10H,6-8H2,1-5H3,(H,14,16)(H,17,18,19). The van der Waals surface area contributed by atoms with Crippen LogP contribution in [0.15, 0.2) is 0 Å². The Balaban J connectivity index is 4.34. The molecule has 0 aliphatic carbocycles. The summed E-state index contributed by atoms with van der Waals surface area (Å²) in [6, 6.07) is 0. The van der Waals surface area contributed by atoms with Crippen LogP contribution in [-0.4, -0.2) is 43.6 Å². The zero-order chi connectivity index (χ0) is 17.6. The lowest BCUT2D eigenvalue weighted by atomic mass is 9.97. The summed E-state index contributed by atoms with van der Waals surface area (Å²) in [5.41, 5.74) is -0.720. The maximum Gasteiger partial charge on any atom is 0.410 e. The van der Waals surface area contributed by atoms with Crippen LogP contribution < -0.4 is 5.32 Å². The van der Waals surface area contributed by atoms with Crippen LogP contribution in [0.2, 0.25) is 0 Å². The fourth-order valence-corrected chi connectivity index (χ4v) is 1.68. The van der Waals surface area contributed by atoms with Crippen molar-refractivity contribution in [3.63, 3.8) is 0 Å². The number of ether oxygens (including phenoxy) is 2. The minimum absolute atomic E-state index is 0.0106. The molecule has 0 aromatic carbocycles. The molecule has 0 aromatic heterocycles. The van der Waals surface area contributed by atoms with Crippen LogP contribution in [0.1, 0.15) is 41.0 Å². The molecule has 22 heavy (non-hydrogen) atoms. The smallest absolute Gasteiger partial charge is 0.410 e. The first-order valence-corrected chi connectivity index (χ1v) is 8.54. The average Bonchev–Trinajstić information content (AvgIpc) is 2.31. The number of hydrogen-bond acceptors (Lipinski definition) is 6. The molecular weight excluding hydrogens is 314 g/mol. The van der Waals surface area contributed by atoms with E-state index < -0.39 is 39.6 Å². The van der Waals surface area contributed by atoms with Crippen LogP contribution in [0, 0.1) is 11.3 Å². The van der Waals surface area contributed by atoms with Gasteiger partial charge in [-0.15, -0.1) is 0 Å². The predicted octanol–water partition coefficient (Wildman–Crippen LogP) is 1.56. The van der Waals surface area contributed by atoms with E-state index in [9.17, 15) is 18.0 Å². The summed E-state index contributed by atoms with van der Waals surface area (Å²) in [5, 5.41) is 2.32. The van der Waals surface area contributed by atoms with Gasteiger partial charge in [-0.2, -0.15) is 8.42 Å². The lowest BCUT2D eigenvalue weighted by Crippen LogP contribution is -2.37. The topological polar surface area (TPSA) is 119 Å². The van der Waals surface area contributed by atoms with E-state index in [-0.39, 0.29) is 18.9 Å². The van der Waals surface area contributed by atoms with Gasteiger partial charge in [0, 0.05) is 12.5 Å². The van der Waals surface area contributed by atoms with E-state index in [0.717, 1.165) is 0 Å². The van der Waals surface area contributed by atoms with Gasteiger partial charge < -0.3 is 14.8 Å². The molecule has 0 fully saturated rings. The number of esters is 1. The summed E-state index contributed by atoms with van der Waals surface area (Å²) < 4.78 is 39.7. The van der Waals surface area contributed by atoms with Crippen molar-refractivity contribution >= 4 is 22.2 Å². The summed E-state index contributed by atoms with van der Waals surface area (Å²) in [7, 11) is -4.05. The summed E-state index contributed by atoms with van der Waals surface area (Å²) in [5.74, 6) is -1.19. The fourth-order valence-electron chi connectivity index (χ4n) is 1.17. The Bertz CT molecular complexity index is 479. The number of hydrogen-bond donors (Lipinski definition) is 2. The van der Waals surface area contributed by atoms with E-state index in [1.54, 1.807) is 34.6 Å². The van der Waals surface area contributed by atoms with Crippen molar-refractivity contribution in [3.05, 3.63) is 0 Å². The highest BCUT2D eigenvalue weighted by atomic mass is 32.2. The molecule has 0 bridgehead atoms. The average molecular weight is 339 g/mol. The van der Waals surface area contributed by atoms with E-state index in [2.05, 4.69) is 5.32 Å². The molecule has 0 spiro atoms. The van der Waals surface area contributed by atoms with E-state index in [0.29, 0.717) is 0 Å². The molecule has 1 amide bonds. The van der Waals surface area contributed by atoms with Gasteiger partial charge >= 0.3 is 12.1 Å². The molecule has 9 heteroatoms. The van der Waals surface area contributed by atoms with Crippen molar-refractivity contribution in [2.24, 2.45) is 11.3 Å². The van der Waals surface area contributed by atoms with Crippen molar-refractivity contribution in [2.75, 3.05) is 12.3 Å². The van der Waals surface area contributed by atoms with Gasteiger partial charge in [-0.3, -0.25) is 9.35 Å². The Morgan fingerprint density at radius 2 is 1.73 bits per heavy atom. The first-order chi connectivity index (χ1) is 9.83. The largest absolute Gasteiger partial charge is 0.424 e. The summed E-state index contributed by atoms with van der Waals surface area (Å²) >= 11 is 0. The number of rotatable bonds is 7. The summed E-state index contributed by atoms with van der Waals surface area (Å²) in [6.45, 7) is 8.52. The maximum atomic E-state index is 11.8. The van der Waals surface area contributed by atoms with Crippen LogP contribution in [-0.2, 0) is 24.4 Å². The number of alkyl carbamates (subject to hydrolysis) is 1. The molecule has 0 saturated carbocycles. The number of amides is 1. The van der Waals surface area contributed by atoms with Crippen molar-refractivity contribution in [1.82, 2.24) is 5.32 Å². The molecule has 0 saturated heterocycles. The third kappa shape index (κ3) is 9.56. The molecule has 0 aromatic rings. The fraction of sp³-hybridized carbons (Fsp3) is 0.846. The lowest BCUT2D eigenvalue weighted by molar-refractivity contribution is -0.184. The molecule has 0 rings (SSSR count). The lowest BCUT2D eigenvalue weighted by Gasteiger charge is -2.25. The van der Waals surface area contributed by atoms with E-state index in [4.69, 9.17) is 14.0 Å². The third-order valence-corrected chi connectivity index (χ3v) is 3.26. The van der Waals surface area contributed by atoms with Gasteiger partial charge in [-0.1, -0.05) is 13.8 Å². The Hall–Kier alpha value is -1.35. The Morgan fingerprint density at radius 1 is 1.18 bits per heavy atom. The van der Waals surface area contributed by atoms with Crippen LogP contribution in [0.4, 0.5) is 4.79 Å². The molecule has 2 N–H and O–H groups in total. The minimum atomic E-state index is -4.05. The molecular formula is C13H25NO7S. The number of carbonyl (C=O) groups is 2. The molecule has 0 radical (unpaired) electrons. The van der Waals surface area contributed by atoms with Gasteiger partial charge in [0.2, 0.25) is 0 Å². The predicted molar refractivity (Wildman–Crippen MR) is 79.7 cm³/mol. The van der Waals surface area contributed by atoms with Crippen molar-refractivity contribution < 1.29 is 32.0 Å². The number of carbonyl (C=O) groups excluding carboxylic acids is 2. The van der Waals surface area contributed by atoms with Gasteiger partial charge in [0.25, 0.3) is 16.4 Å². The van der Waals surface area contributed by atoms with E-state index >= 15 is 0 Å². The van der Waals surface area contributed by atoms with Gasteiger partial charge in [-0.25, -0.2) is 4.79 Å². The Kier molecular flexibility index (Phi) is 7.82. The maximum absolute atomic E-state index is 11.8. The van der Waals surface area contributed by atoms with Crippen molar-refractivity contribution in [2.45, 2.75) is 47.3 Å². The summed E-state index contributed by atoms with van der Waals surface area (Å²) in [4.78, 5) is 23.4. The Labute approximate surface area is 131 Å². The van der Waals surface area contributed by atoms with Gasteiger partial charge in [0.15, 0.2) is 0 Å². The van der Waals surface area contributed by atoms with Crippen LogP contribution in [0.25, 0.3) is 0 Å². The monoisotopic (exact) mass is 339 g/mol. The quantitative estimate of drug-likeness (QED) is 0.313. The highest BCUT2D eigenvalue weighted by Crippen LogP contribution is 2.19. The Morgan fingerprint density at radius 3 is 2.14 bits per heavy atom. The zero-order valence-corrected chi connectivity index (χ0v) is 14.4. The third-order valence-electron chi connectivity index (χ3n) is 2.45. The highest BCUT2D eigenvalue weighted by Gasteiger charge is 2.29. The molecule has 130 valence electrons.